The molecule has 206 valence electrons. The summed E-state index contributed by atoms with van der Waals surface area (Å²) < 4.78 is 16.4. The number of pyridine rings is 2. The third kappa shape index (κ3) is 4.30. The van der Waals surface area contributed by atoms with Crippen LogP contribution in [-0.4, -0.2) is 66.4 Å². The standard InChI is InChI=1S/C28H26ClFN6O4/c1-14-8-9-31-22(16-6-7-16)24(14)36-26-17(12-18(29)23(32-26)21-19(30)4-3-5-20(21)37)25(33-27(36)38)35-11-10-34(28(39)40)13-15(35)2/h3-5,8-9,12,15-16,37H,6-7,10-11,13H2,1-2H3,(H,39,40). The maximum absolute atomic E-state index is 15.0. The first kappa shape index (κ1) is 26.0. The zero-order valence-electron chi connectivity index (χ0n) is 21.8. The molecule has 0 radical (unpaired) electrons. The molecular weight excluding hydrogens is 539 g/mol. The third-order valence-electron chi connectivity index (χ3n) is 7.54. The van der Waals surface area contributed by atoms with Gasteiger partial charge in [0.2, 0.25) is 0 Å². The lowest BCUT2D eigenvalue weighted by molar-refractivity contribution is 0.136. The largest absolute Gasteiger partial charge is 0.507 e. The van der Waals surface area contributed by atoms with Crippen LogP contribution in [0.4, 0.5) is 15.0 Å². The number of aryl methyl sites for hydroxylation is 1. The van der Waals surface area contributed by atoms with Crippen molar-refractivity contribution in [2.24, 2.45) is 0 Å². The highest BCUT2D eigenvalue weighted by atomic mass is 35.5. The Labute approximate surface area is 233 Å². The Bertz CT molecular complexity index is 1720. The molecule has 1 atom stereocenters. The Morgan fingerprint density at radius 2 is 1.95 bits per heavy atom. The van der Waals surface area contributed by atoms with Gasteiger partial charge in [-0.25, -0.2) is 23.5 Å². The topological polar surface area (TPSA) is 125 Å². The molecule has 2 fully saturated rings. The van der Waals surface area contributed by atoms with Gasteiger partial charge in [0.1, 0.15) is 17.4 Å². The monoisotopic (exact) mass is 564 g/mol. The predicted molar refractivity (Wildman–Crippen MR) is 148 cm³/mol. The molecule has 40 heavy (non-hydrogen) atoms. The fourth-order valence-corrected chi connectivity index (χ4v) is 5.66. The van der Waals surface area contributed by atoms with E-state index in [1.54, 1.807) is 18.3 Å². The van der Waals surface area contributed by atoms with E-state index in [0.717, 1.165) is 24.1 Å². The predicted octanol–water partition coefficient (Wildman–Crippen LogP) is 4.72. The number of carboxylic acid groups (broad SMARTS) is 1. The Hall–Kier alpha value is -4.25. The highest BCUT2D eigenvalue weighted by Crippen LogP contribution is 2.43. The van der Waals surface area contributed by atoms with Gasteiger partial charge in [0, 0.05) is 37.8 Å². The lowest BCUT2D eigenvalue weighted by Gasteiger charge is -2.39. The maximum Gasteiger partial charge on any atom is 0.407 e. The fraction of sp³-hybridized carbons (Fsp3) is 0.321. The number of hydrogen-bond donors (Lipinski definition) is 2. The van der Waals surface area contributed by atoms with Crippen LogP contribution in [0.5, 0.6) is 5.75 Å². The number of amides is 1. The molecule has 1 saturated heterocycles. The summed E-state index contributed by atoms with van der Waals surface area (Å²) in [4.78, 5) is 42.4. The van der Waals surface area contributed by atoms with Gasteiger partial charge < -0.3 is 20.0 Å². The molecule has 10 nitrogen and oxygen atoms in total. The van der Waals surface area contributed by atoms with E-state index in [0.29, 0.717) is 23.4 Å². The van der Waals surface area contributed by atoms with E-state index in [1.165, 1.54) is 27.7 Å². The van der Waals surface area contributed by atoms with Crippen molar-refractivity contribution in [3.05, 3.63) is 69.1 Å². The number of phenols is 1. The molecule has 12 heteroatoms. The molecule has 1 aliphatic carbocycles. The van der Waals surface area contributed by atoms with Crippen LogP contribution < -0.4 is 10.6 Å². The highest BCUT2D eigenvalue weighted by Gasteiger charge is 2.33. The van der Waals surface area contributed by atoms with Crippen molar-refractivity contribution in [1.29, 1.82) is 0 Å². The number of fused-ring (bicyclic) bond motifs is 1. The van der Waals surface area contributed by atoms with Gasteiger partial charge in [-0.15, -0.1) is 0 Å². The summed E-state index contributed by atoms with van der Waals surface area (Å²) in [5, 5.41) is 20.5. The van der Waals surface area contributed by atoms with Crippen LogP contribution in [0.15, 0.2) is 41.3 Å². The van der Waals surface area contributed by atoms with E-state index in [2.05, 4.69) is 9.97 Å². The number of nitrogens with zero attached hydrogens (tertiary/aromatic N) is 6. The molecule has 0 spiro atoms. The number of piperazine rings is 1. The van der Waals surface area contributed by atoms with Gasteiger partial charge in [0.25, 0.3) is 0 Å². The number of aromatic hydroxyl groups is 1. The third-order valence-corrected chi connectivity index (χ3v) is 7.83. The Morgan fingerprint density at radius 3 is 2.62 bits per heavy atom. The second-order valence-electron chi connectivity index (χ2n) is 10.3. The highest BCUT2D eigenvalue weighted by molar-refractivity contribution is 6.34. The van der Waals surface area contributed by atoms with E-state index in [9.17, 15) is 24.2 Å². The number of aromatic nitrogens is 4. The fourth-order valence-electron chi connectivity index (χ4n) is 5.41. The Balaban J connectivity index is 1.65. The minimum atomic E-state index is -1.02. The minimum absolute atomic E-state index is 0.0201. The Morgan fingerprint density at radius 1 is 1.18 bits per heavy atom. The first-order valence-electron chi connectivity index (χ1n) is 13.0. The minimum Gasteiger partial charge on any atom is -0.507 e. The first-order chi connectivity index (χ1) is 19.2. The van der Waals surface area contributed by atoms with Gasteiger partial charge >= 0.3 is 11.8 Å². The van der Waals surface area contributed by atoms with E-state index < -0.39 is 17.6 Å². The smallest absolute Gasteiger partial charge is 0.407 e. The van der Waals surface area contributed by atoms with Gasteiger partial charge in [-0.1, -0.05) is 17.7 Å². The number of carbonyl (C=O) groups is 1. The summed E-state index contributed by atoms with van der Waals surface area (Å²) in [6.45, 7) is 4.47. The number of hydrogen-bond acceptors (Lipinski definition) is 7. The van der Waals surface area contributed by atoms with E-state index in [4.69, 9.17) is 16.6 Å². The van der Waals surface area contributed by atoms with Crippen LogP contribution >= 0.6 is 11.6 Å². The van der Waals surface area contributed by atoms with E-state index in [-0.39, 0.29) is 52.7 Å². The number of rotatable bonds is 4. The van der Waals surface area contributed by atoms with Gasteiger partial charge in [-0.05, 0) is 56.5 Å². The first-order valence-corrected chi connectivity index (χ1v) is 13.3. The summed E-state index contributed by atoms with van der Waals surface area (Å²) in [5.74, 6) is -0.553. The van der Waals surface area contributed by atoms with E-state index >= 15 is 0 Å². The van der Waals surface area contributed by atoms with Gasteiger partial charge in [-0.3, -0.25) is 4.98 Å². The zero-order chi connectivity index (χ0) is 28.3. The average Bonchev–Trinajstić information content (AvgIpc) is 3.75. The van der Waals surface area contributed by atoms with Crippen molar-refractivity contribution < 1.29 is 19.4 Å². The van der Waals surface area contributed by atoms with Gasteiger partial charge in [0.05, 0.1) is 33.0 Å². The molecule has 1 unspecified atom stereocenters. The molecule has 1 amide bonds. The SMILES string of the molecule is Cc1ccnc(C2CC2)c1-n1c(=O)nc(N2CCN(C(=O)O)CC2C)c2cc(Cl)c(-c3c(O)cccc3F)nc21. The van der Waals surface area contributed by atoms with E-state index in [1.807, 2.05) is 18.7 Å². The lowest BCUT2D eigenvalue weighted by atomic mass is 10.1. The molecule has 1 aromatic carbocycles. The number of anilines is 1. The molecule has 3 aromatic heterocycles. The van der Waals surface area contributed by atoms with Crippen molar-refractivity contribution in [2.75, 3.05) is 24.5 Å². The molecule has 2 N–H and O–H groups in total. The molecule has 2 aliphatic rings. The van der Waals surface area contributed by atoms with Crippen LogP contribution in [0.3, 0.4) is 0 Å². The van der Waals surface area contributed by atoms with Crippen molar-refractivity contribution in [3.8, 4) is 22.7 Å². The van der Waals surface area contributed by atoms with Crippen molar-refractivity contribution >= 4 is 34.5 Å². The molecule has 0 bridgehead atoms. The van der Waals surface area contributed by atoms with Crippen molar-refractivity contribution in [3.63, 3.8) is 0 Å². The van der Waals surface area contributed by atoms with Crippen molar-refractivity contribution in [2.45, 2.75) is 38.6 Å². The van der Waals surface area contributed by atoms with Gasteiger partial charge in [0.15, 0.2) is 5.65 Å². The molecule has 4 heterocycles. The Kier molecular flexibility index (Phi) is 6.33. The average molecular weight is 565 g/mol. The zero-order valence-corrected chi connectivity index (χ0v) is 22.6. The van der Waals surface area contributed by atoms with Crippen LogP contribution in [-0.2, 0) is 0 Å². The molecule has 4 aromatic rings. The molecule has 1 aliphatic heterocycles. The summed E-state index contributed by atoms with van der Waals surface area (Å²) in [5.41, 5.74) is 1.50. The van der Waals surface area contributed by atoms with Crippen LogP contribution in [0, 0.1) is 12.7 Å². The number of benzene rings is 1. The van der Waals surface area contributed by atoms with Crippen LogP contribution in [0.1, 0.15) is 36.9 Å². The van der Waals surface area contributed by atoms with Crippen LogP contribution in [0.25, 0.3) is 28.0 Å². The normalized spacial score (nSPS) is 17.4. The van der Waals surface area contributed by atoms with Gasteiger partial charge in [-0.2, -0.15) is 4.98 Å². The second kappa shape index (κ2) is 9.74. The molecule has 1 saturated carbocycles. The second-order valence-corrected chi connectivity index (χ2v) is 10.7. The van der Waals surface area contributed by atoms with Crippen LogP contribution in [0.2, 0.25) is 5.02 Å². The molecule has 6 rings (SSSR count). The quantitative estimate of drug-likeness (QED) is 0.365. The number of phenolic OH excluding ortho intramolecular Hbond substituents is 1. The summed E-state index contributed by atoms with van der Waals surface area (Å²) in [6.07, 6.45) is 2.58. The summed E-state index contributed by atoms with van der Waals surface area (Å²) in [7, 11) is 0. The maximum atomic E-state index is 15.0. The molecular formula is C28H26ClFN6O4. The summed E-state index contributed by atoms with van der Waals surface area (Å²) in [6, 6.07) is 6.99. The number of halogens is 2. The lowest BCUT2D eigenvalue weighted by Crippen LogP contribution is -2.54. The van der Waals surface area contributed by atoms with Crippen molar-refractivity contribution in [1.82, 2.24) is 24.4 Å². The summed E-state index contributed by atoms with van der Waals surface area (Å²) >= 11 is 6.68.